The molecule has 17 heavy (non-hydrogen) atoms. The minimum absolute atomic E-state index is 0.332. The van der Waals surface area contributed by atoms with Gasteiger partial charge < -0.3 is 5.32 Å². The largest absolute Gasteiger partial charge is 0.416 e. The van der Waals surface area contributed by atoms with E-state index in [0.29, 0.717) is 11.5 Å². The van der Waals surface area contributed by atoms with Gasteiger partial charge in [-0.15, -0.1) is 0 Å². The number of alkyl halides is 3. The van der Waals surface area contributed by atoms with Crippen molar-refractivity contribution in [1.82, 2.24) is 9.97 Å². The van der Waals surface area contributed by atoms with Gasteiger partial charge in [0.25, 0.3) is 0 Å². The van der Waals surface area contributed by atoms with Crippen LogP contribution in [0.3, 0.4) is 0 Å². The Morgan fingerprint density at radius 3 is 2.59 bits per heavy atom. The van der Waals surface area contributed by atoms with Gasteiger partial charge >= 0.3 is 6.18 Å². The lowest BCUT2D eigenvalue weighted by Crippen LogP contribution is -2.05. The maximum atomic E-state index is 12.5. The van der Waals surface area contributed by atoms with E-state index in [0.717, 1.165) is 12.1 Å². The van der Waals surface area contributed by atoms with Crippen LogP contribution in [0.15, 0.2) is 42.9 Å². The Morgan fingerprint density at radius 2 is 1.94 bits per heavy atom. The van der Waals surface area contributed by atoms with Crippen molar-refractivity contribution in [2.75, 3.05) is 5.32 Å². The van der Waals surface area contributed by atoms with E-state index in [1.54, 1.807) is 6.07 Å². The van der Waals surface area contributed by atoms with Crippen molar-refractivity contribution < 1.29 is 13.2 Å². The fraction of sp³-hybridized carbons (Fsp3) is 0.0909. The highest BCUT2D eigenvalue weighted by atomic mass is 19.4. The summed E-state index contributed by atoms with van der Waals surface area (Å²) in [5.74, 6) is 0.444. The number of anilines is 2. The van der Waals surface area contributed by atoms with Crippen molar-refractivity contribution in [2.45, 2.75) is 6.18 Å². The molecule has 1 aromatic heterocycles. The number of halogens is 3. The second-order valence-electron chi connectivity index (χ2n) is 3.30. The van der Waals surface area contributed by atoms with E-state index in [-0.39, 0.29) is 0 Å². The second-order valence-corrected chi connectivity index (χ2v) is 3.30. The summed E-state index contributed by atoms with van der Waals surface area (Å²) in [6, 6.07) is 6.50. The normalized spacial score (nSPS) is 11.2. The zero-order chi connectivity index (χ0) is 12.3. The van der Waals surface area contributed by atoms with Gasteiger partial charge in [0.2, 0.25) is 0 Å². The third-order valence-electron chi connectivity index (χ3n) is 2.04. The van der Waals surface area contributed by atoms with Crippen LogP contribution in [0.4, 0.5) is 24.7 Å². The summed E-state index contributed by atoms with van der Waals surface area (Å²) >= 11 is 0. The molecule has 0 saturated carbocycles. The fourth-order valence-electron chi connectivity index (χ4n) is 1.29. The van der Waals surface area contributed by atoms with Gasteiger partial charge in [-0.1, -0.05) is 6.07 Å². The zero-order valence-corrected chi connectivity index (χ0v) is 8.57. The van der Waals surface area contributed by atoms with E-state index >= 15 is 0 Å². The van der Waals surface area contributed by atoms with Gasteiger partial charge in [-0.25, -0.2) is 9.97 Å². The molecule has 0 atom stereocenters. The maximum Gasteiger partial charge on any atom is 0.416 e. The van der Waals surface area contributed by atoms with Gasteiger partial charge in [0.15, 0.2) is 0 Å². The molecule has 2 rings (SSSR count). The minimum atomic E-state index is -4.34. The van der Waals surface area contributed by atoms with Crippen LogP contribution in [-0.4, -0.2) is 9.97 Å². The molecule has 0 aliphatic rings. The molecule has 0 radical (unpaired) electrons. The molecule has 1 N–H and O–H groups in total. The molecular formula is C11H8F3N3. The maximum absolute atomic E-state index is 12.5. The fourth-order valence-corrected chi connectivity index (χ4v) is 1.29. The summed E-state index contributed by atoms with van der Waals surface area (Å²) in [6.07, 6.45) is -1.53. The summed E-state index contributed by atoms with van der Waals surface area (Å²) in [5, 5.41) is 2.77. The number of nitrogens with one attached hydrogen (secondary N) is 1. The predicted octanol–water partition coefficient (Wildman–Crippen LogP) is 3.24. The Labute approximate surface area is 95.3 Å². The van der Waals surface area contributed by atoms with Crippen LogP contribution in [0, 0.1) is 0 Å². The number of benzene rings is 1. The van der Waals surface area contributed by atoms with E-state index in [1.807, 2.05) is 0 Å². The first-order chi connectivity index (χ1) is 8.05. The second kappa shape index (κ2) is 4.40. The van der Waals surface area contributed by atoms with Gasteiger partial charge in [0.05, 0.1) is 5.56 Å². The molecule has 0 bridgehead atoms. The summed E-state index contributed by atoms with van der Waals surface area (Å²) in [4.78, 5) is 7.58. The lowest BCUT2D eigenvalue weighted by Gasteiger charge is -2.09. The van der Waals surface area contributed by atoms with Crippen LogP contribution < -0.4 is 5.32 Å². The molecule has 0 unspecified atom stereocenters. The van der Waals surface area contributed by atoms with Gasteiger partial charge in [-0.2, -0.15) is 13.2 Å². The standard InChI is InChI=1S/C11H8F3N3/c12-11(13,14)8-2-1-3-9(6-8)17-10-4-5-15-7-16-10/h1-7H,(H,15,16,17). The number of aromatic nitrogens is 2. The lowest BCUT2D eigenvalue weighted by molar-refractivity contribution is -0.137. The Kier molecular flexibility index (Phi) is 2.95. The quantitative estimate of drug-likeness (QED) is 0.874. The average Bonchev–Trinajstić information content (AvgIpc) is 2.29. The number of nitrogens with zero attached hydrogens (tertiary/aromatic N) is 2. The topological polar surface area (TPSA) is 37.8 Å². The van der Waals surface area contributed by atoms with Gasteiger partial charge in [-0.05, 0) is 24.3 Å². The molecular weight excluding hydrogens is 231 g/mol. The van der Waals surface area contributed by atoms with Crippen molar-refractivity contribution in [2.24, 2.45) is 0 Å². The van der Waals surface area contributed by atoms with E-state index in [2.05, 4.69) is 15.3 Å². The average molecular weight is 239 g/mol. The molecule has 1 aromatic carbocycles. The summed E-state index contributed by atoms with van der Waals surface area (Å²) < 4.78 is 37.4. The molecule has 2 aromatic rings. The van der Waals surface area contributed by atoms with Crippen molar-refractivity contribution in [3.63, 3.8) is 0 Å². The Hall–Kier alpha value is -2.11. The smallest absolute Gasteiger partial charge is 0.340 e. The summed E-state index contributed by atoms with van der Waals surface area (Å²) in [7, 11) is 0. The van der Waals surface area contributed by atoms with Crippen molar-refractivity contribution in [1.29, 1.82) is 0 Å². The molecule has 6 heteroatoms. The third kappa shape index (κ3) is 2.93. The van der Waals surface area contributed by atoms with Crippen molar-refractivity contribution >= 4 is 11.5 Å². The van der Waals surface area contributed by atoms with Crippen molar-refractivity contribution in [3.8, 4) is 0 Å². The third-order valence-corrected chi connectivity index (χ3v) is 2.04. The van der Waals surface area contributed by atoms with Crippen molar-refractivity contribution in [3.05, 3.63) is 48.4 Å². The van der Waals surface area contributed by atoms with Gasteiger partial charge in [-0.3, -0.25) is 0 Å². The monoisotopic (exact) mass is 239 g/mol. The number of hydrogen-bond acceptors (Lipinski definition) is 3. The van der Waals surface area contributed by atoms with E-state index < -0.39 is 11.7 Å². The van der Waals surface area contributed by atoms with Crippen LogP contribution in [0.1, 0.15) is 5.56 Å². The molecule has 0 aliphatic heterocycles. The van der Waals surface area contributed by atoms with E-state index in [4.69, 9.17) is 0 Å². The van der Waals surface area contributed by atoms with Crippen LogP contribution in [0.5, 0.6) is 0 Å². The van der Waals surface area contributed by atoms with Crippen LogP contribution in [-0.2, 0) is 6.18 Å². The molecule has 88 valence electrons. The Bertz CT molecular complexity index is 497. The molecule has 0 aliphatic carbocycles. The minimum Gasteiger partial charge on any atom is -0.340 e. The molecule has 0 amide bonds. The Balaban J connectivity index is 2.23. The predicted molar refractivity (Wildman–Crippen MR) is 56.8 cm³/mol. The Morgan fingerprint density at radius 1 is 1.12 bits per heavy atom. The summed E-state index contributed by atoms with van der Waals surface area (Å²) in [5.41, 5.74) is -0.366. The highest BCUT2D eigenvalue weighted by molar-refractivity contribution is 5.56. The highest BCUT2D eigenvalue weighted by Gasteiger charge is 2.30. The molecule has 1 heterocycles. The van der Waals surface area contributed by atoms with Crippen LogP contribution in [0.2, 0.25) is 0 Å². The molecule has 3 nitrogen and oxygen atoms in total. The van der Waals surface area contributed by atoms with E-state index in [1.165, 1.54) is 24.7 Å². The molecule has 0 saturated heterocycles. The highest BCUT2D eigenvalue weighted by Crippen LogP contribution is 2.31. The molecule has 0 fully saturated rings. The summed E-state index contributed by atoms with van der Waals surface area (Å²) in [6.45, 7) is 0. The lowest BCUT2D eigenvalue weighted by atomic mass is 10.2. The molecule has 0 spiro atoms. The first kappa shape index (κ1) is 11.4. The van der Waals surface area contributed by atoms with Crippen LogP contribution in [0.25, 0.3) is 0 Å². The number of hydrogen-bond donors (Lipinski definition) is 1. The van der Waals surface area contributed by atoms with E-state index in [9.17, 15) is 13.2 Å². The van der Waals surface area contributed by atoms with Gasteiger partial charge in [0.1, 0.15) is 12.1 Å². The first-order valence-electron chi connectivity index (χ1n) is 4.76. The SMILES string of the molecule is FC(F)(F)c1cccc(Nc2ccncn2)c1. The number of rotatable bonds is 2. The first-order valence-corrected chi connectivity index (χ1v) is 4.76. The van der Waals surface area contributed by atoms with Crippen LogP contribution >= 0.6 is 0 Å². The zero-order valence-electron chi connectivity index (χ0n) is 8.57. The van der Waals surface area contributed by atoms with Gasteiger partial charge in [0, 0.05) is 11.9 Å².